The fourth-order valence-corrected chi connectivity index (χ4v) is 4.16. The third-order valence-corrected chi connectivity index (χ3v) is 6.29. The molecular formula is C27H32O4. The van der Waals surface area contributed by atoms with Crippen molar-refractivity contribution in [2.45, 2.75) is 58.3 Å². The lowest BCUT2D eigenvalue weighted by atomic mass is 9.63. The van der Waals surface area contributed by atoms with Crippen molar-refractivity contribution in [1.29, 1.82) is 0 Å². The third-order valence-electron chi connectivity index (χ3n) is 6.29. The lowest BCUT2D eigenvalue weighted by molar-refractivity contribution is 0.0526. The number of fused-ring (bicyclic) bond motifs is 1. The minimum atomic E-state index is -0.349. The van der Waals surface area contributed by atoms with E-state index in [1.54, 1.807) is 50.5 Å². The Labute approximate surface area is 185 Å². The highest BCUT2D eigenvalue weighted by Crippen LogP contribution is 2.47. The van der Waals surface area contributed by atoms with Gasteiger partial charge < -0.3 is 9.47 Å². The first-order valence-corrected chi connectivity index (χ1v) is 10.8. The highest BCUT2D eigenvalue weighted by molar-refractivity contribution is 6.09. The molecule has 3 rings (SSSR count). The van der Waals surface area contributed by atoms with Gasteiger partial charge in [0.1, 0.15) is 5.75 Å². The number of carbonyl (C=O) groups excluding carboxylic acids is 2. The standard InChI is InChI=1S/C27H32O4/c1-7-31-25(29)19-11-8-18(9-12-19)10-13-23(28)20-16-21-22(17-24(20)30-6)27(4,5)15-14-26(21,2)3/h8-13,16-17H,7,14-15H2,1-6H3/b13-10+. The fraction of sp³-hybridized carbons (Fsp3) is 0.407. The topological polar surface area (TPSA) is 52.6 Å². The van der Waals surface area contributed by atoms with Crippen molar-refractivity contribution in [2.24, 2.45) is 0 Å². The van der Waals surface area contributed by atoms with Crippen LogP contribution < -0.4 is 4.74 Å². The van der Waals surface area contributed by atoms with E-state index < -0.39 is 0 Å². The number of benzene rings is 2. The van der Waals surface area contributed by atoms with Crippen molar-refractivity contribution in [3.8, 4) is 5.75 Å². The maximum Gasteiger partial charge on any atom is 0.338 e. The second kappa shape index (κ2) is 8.70. The Morgan fingerprint density at radius 2 is 1.55 bits per heavy atom. The van der Waals surface area contributed by atoms with Crippen molar-refractivity contribution in [3.63, 3.8) is 0 Å². The SMILES string of the molecule is CCOC(=O)c1ccc(/C=C/C(=O)c2cc3c(cc2OC)C(C)(C)CCC3(C)C)cc1. The van der Waals surface area contributed by atoms with Crippen LogP contribution >= 0.6 is 0 Å². The molecule has 0 unspecified atom stereocenters. The molecule has 31 heavy (non-hydrogen) atoms. The van der Waals surface area contributed by atoms with Gasteiger partial charge >= 0.3 is 5.97 Å². The molecule has 4 heteroatoms. The molecule has 2 aromatic rings. The lowest BCUT2D eigenvalue weighted by Crippen LogP contribution is -2.34. The Morgan fingerprint density at radius 3 is 2.10 bits per heavy atom. The van der Waals surface area contributed by atoms with Crippen molar-refractivity contribution >= 4 is 17.8 Å². The molecule has 0 spiro atoms. The van der Waals surface area contributed by atoms with Gasteiger partial charge in [0.15, 0.2) is 5.78 Å². The molecule has 0 fully saturated rings. The molecule has 0 N–H and O–H groups in total. The molecule has 4 nitrogen and oxygen atoms in total. The van der Waals surface area contributed by atoms with E-state index in [0.29, 0.717) is 23.5 Å². The van der Waals surface area contributed by atoms with Gasteiger partial charge in [-0.25, -0.2) is 4.79 Å². The molecule has 1 aliphatic carbocycles. The second-order valence-corrected chi connectivity index (χ2v) is 9.41. The number of hydrogen-bond donors (Lipinski definition) is 0. The summed E-state index contributed by atoms with van der Waals surface area (Å²) in [6.07, 6.45) is 5.50. The Morgan fingerprint density at radius 1 is 0.968 bits per heavy atom. The molecule has 1 aliphatic rings. The Hall–Kier alpha value is -2.88. The van der Waals surface area contributed by atoms with Gasteiger partial charge in [0.25, 0.3) is 0 Å². The van der Waals surface area contributed by atoms with Crippen molar-refractivity contribution in [1.82, 2.24) is 0 Å². The number of rotatable bonds is 6. The van der Waals surface area contributed by atoms with E-state index in [2.05, 4.69) is 27.7 Å². The summed E-state index contributed by atoms with van der Waals surface area (Å²) < 4.78 is 10.6. The second-order valence-electron chi connectivity index (χ2n) is 9.41. The first-order valence-electron chi connectivity index (χ1n) is 10.8. The zero-order chi connectivity index (χ0) is 22.8. The molecule has 164 valence electrons. The van der Waals surface area contributed by atoms with Crippen LogP contribution in [0.4, 0.5) is 0 Å². The smallest absolute Gasteiger partial charge is 0.338 e. The van der Waals surface area contributed by atoms with Crippen LogP contribution in [0.15, 0.2) is 42.5 Å². The number of ether oxygens (including phenoxy) is 2. The van der Waals surface area contributed by atoms with E-state index in [1.807, 2.05) is 12.1 Å². The molecule has 2 aromatic carbocycles. The summed E-state index contributed by atoms with van der Waals surface area (Å²) >= 11 is 0. The van der Waals surface area contributed by atoms with Crippen LogP contribution in [0.25, 0.3) is 6.08 Å². The maximum absolute atomic E-state index is 13.1. The number of allylic oxidation sites excluding steroid dienone is 1. The first kappa shape index (κ1) is 22.8. The van der Waals surface area contributed by atoms with Crippen LogP contribution in [0.1, 0.15) is 84.9 Å². The van der Waals surface area contributed by atoms with Crippen LogP contribution in [0.5, 0.6) is 5.75 Å². The van der Waals surface area contributed by atoms with Crippen LogP contribution in [-0.2, 0) is 15.6 Å². The van der Waals surface area contributed by atoms with Gasteiger partial charge in [0.05, 0.1) is 24.8 Å². The number of ketones is 1. The van der Waals surface area contributed by atoms with Crippen LogP contribution in [-0.4, -0.2) is 25.5 Å². The lowest BCUT2D eigenvalue weighted by Gasteiger charge is -2.42. The molecule has 0 heterocycles. The first-order chi connectivity index (χ1) is 14.6. The summed E-state index contributed by atoms with van der Waals surface area (Å²) in [7, 11) is 1.61. The van der Waals surface area contributed by atoms with Crippen LogP contribution in [0.2, 0.25) is 0 Å². The number of esters is 1. The summed E-state index contributed by atoms with van der Waals surface area (Å²) in [5, 5.41) is 0. The summed E-state index contributed by atoms with van der Waals surface area (Å²) in [5.41, 5.74) is 4.45. The van der Waals surface area contributed by atoms with Crippen molar-refractivity contribution in [3.05, 3.63) is 70.3 Å². The molecule has 0 radical (unpaired) electrons. The van der Waals surface area contributed by atoms with Crippen molar-refractivity contribution < 1.29 is 19.1 Å². The predicted molar refractivity (Wildman–Crippen MR) is 124 cm³/mol. The highest BCUT2D eigenvalue weighted by Gasteiger charge is 2.38. The minimum absolute atomic E-state index is 0.0127. The fourth-order valence-electron chi connectivity index (χ4n) is 4.16. The number of methoxy groups -OCH3 is 1. The molecule has 0 atom stereocenters. The van der Waals surface area contributed by atoms with Crippen molar-refractivity contribution in [2.75, 3.05) is 13.7 Å². The summed E-state index contributed by atoms with van der Waals surface area (Å²) in [5.74, 6) is 0.156. The monoisotopic (exact) mass is 420 g/mol. The minimum Gasteiger partial charge on any atom is -0.496 e. The zero-order valence-corrected chi connectivity index (χ0v) is 19.4. The van der Waals surface area contributed by atoms with E-state index in [-0.39, 0.29) is 22.6 Å². The van der Waals surface area contributed by atoms with E-state index >= 15 is 0 Å². The molecule has 0 aliphatic heterocycles. The van der Waals surface area contributed by atoms with Gasteiger partial charge in [0, 0.05) is 0 Å². The van der Waals surface area contributed by atoms with Gasteiger partial charge in [-0.2, -0.15) is 0 Å². The predicted octanol–water partition coefficient (Wildman–Crippen LogP) is 6.12. The van der Waals surface area contributed by atoms with E-state index in [4.69, 9.17) is 9.47 Å². The molecule has 0 bridgehead atoms. The molecule has 0 saturated carbocycles. The Bertz CT molecular complexity index is 1010. The average molecular weight is 421 g/mol. The average Bonchev–Trinajstić information content (AvgIpc) is 2.75. The van der Waals surface area contributed by atoms with E-state index in [9.17, 15) is 9.59 Å². The number of carbonyl (C=O) groups is 2. The highest BCUT2D eigenvalue weighted by atomic mass is 16.5. The summed E-state index contributed by atoms with van der Waals surface area (Å²) in [6.45, 7) is 11.1. The Kier molecular flexibility index (Phi) is 6.40. The quantitative estimate of drug-likeness (QED) is 0.321. The van der Waals surface area contributed by atoms with Gasteiger partial charge in [-0.15, -0.1) is 0 Å². The van der Waals surface area contributed by atoms with Gasteiger partial charge in [0.2, 0.25) is 0 Å². The maximum atomic E-state index is 13.1. The van der Waals surface area contributed by atoms with E-state index in [0.717, 1.165) is 18.4 Å². The van der Waals surface area contributed by atoms with E-state index in [1.165, 1.54) is 11.1 Å². The summed E-state index contributed by atoms with van der Waals surface area (Å²) in [6, 6.07) is 11.1. The molecule has 0 amide bonds. The van der Waals surface area contributed by atoms with Gasteiger partial charge in [-0.3, -0.25) is 4.79 Å². The zero-order valence-electron chi connectivity index (χ0n) is 19.4. The molecule has 0 saturated heterocycles. The normalized spacial score (nSPS) is 16.6. The largest absolute Gasteiger partial charge is 0.496 e. The third kappa shape index (κ3) is 4.73. The van der Waals surface area contributed by atoms with Gasteiger partial charge in [-0.05, 0) is 77.6 Å². The van der Waals surface area contributed by atoms with Crippen LogP contribution in [0.3, 0.4) is 0 Å². The Balaban J connectivity index is 1.90. The van der Waals surface area contributed by atoms with Crippen LogP contribution in [0, 0.1) is 0 Å². The van der Waals surface area contributed by atoms with Gasteiger partial charge in [-0.1, -0.05) is 45.9 Å². The molecular weight excluding hydrogens is 388 g/mol. The summed E-state index contributed by atoms with van der Waals surface area (Å²) in [4.78, 5) is 24.9. The molecule has 0 aromatic heterocycles. The number of hydrogen-bond acceptors (Lipinski definition) is 4.